The van der Waals surface area contributed by atoms with Crippen LogP contribution in [0.15, 0.2) is 148 Å². The van der Waals surface area contributed by atoms with E-state index in [9.17, 15) is 19.5 Å². The fourth-order valence-electron chi connectivity index (χ4n) is 9.57. The molecule has 0 spiro atoms. The molecule has 4 atom stereocenters. The minimum atomic E-state index is -1.18. The summed E-state index contributed by atoms with van der Waals surface area (Å²) in [5, 5.41) is 9.77. The van der Waals surface area contributed by atoms with E-state index in [1.807, 2.05) is 57.2 Å². The van der Waals surface area contributed by atoms with Crippen LogP contribution in [-0.4, -0.2) is 42.1 Å². The normalized spacial score (nSPS) is 19.9. The van der Waals surface area contributed by atoms with Gasteiger partial charge in [0.15, 0.2) is 12.2 Å². The highest BCUT2D eigenvalue weighted by molar-refractivity contribution is 5.90. The molecule has 9 rings (SSSR count). The van der Waals surface area contributed by atoms with E-state index in [0.717, 1.165) is 47.9 Å². The SMILES string of the molecule is CC(C)=C1CCc2ccc(cc2)CC(CCc2cccc(Cc3ccccc3)c2)CC(=O)OC2c3c(ccc4cc(CCOCO)c(=O)oc34)OC(C)(CCCc3ccccc3)C2OC1=O. The molecular formula is C57H60O9. The van der Waals surface area contributed by atoms with Crippen molar-refractivity contribution >= 4 is 22.9 Å². The number of benzene rings is 5. The molecule has 1 N–H and O–H groups in total. The zero-order valence-corrected chi connectivity index (χ0v) is 38.3. The summed E-state index contributed by atoms with van der Waals surface area (Å²) >= 11 is 0. The maximum Gasteiger partial charge on any atom is 0.339 e. The molecule has 3 aliphatic heterocycles. The molecule has 66 heavy (non-hydrogen) atoms. The van der Waals surface area contributed by atoms with Crippen LogP contribution in [0.2, 0.25) is 0 Å². The van der Waals surface area contributed by atoms with Crippen molar-refractivity contribution in [2.24, 2.45) is 5.92 Å². The number of allylic oxidation sites excluding steroid dienone is 1. The zero-order chi connectivity index (χ0) is 46.0. The molecular weight excluding hydrogens is 829 g/mol. The standard InChI is InChI=1S/C57H60O9/c1-38(2)48-27-25-40-19-21-43(22-20-40)34-45(24-23-42-16-10-17-44(33-42)32-41-14-8-5-9-15-41)35-50(59)63-53-51-49(28-26-46-36-47(29-31-62-37-58)55(60)64-52(46)51)66-57(3,54(53)65-56(48)61)30-11-18-39-12-6-4-7-13-39/h4-10,12-17,19-22,26,28,33,36,45,53-54,58H,11,18,23-25,27,29-32,34-35,37H2,1-3H3. The first kappa shape index (κ1) is 46.2. The van der Waals surface area contributed by atoms with Gasteiger partial charge in [-0.1, -0.05) is 115 Å². The van der Waals surface area contributed by atoms with Gasteiger partial charge in [0.2, 0.25) is 0 Å². The number of hydrogen-bond acceptors (Lipinski definition) is 9. The summed E-state index contributed by atoms with van der Waals surface area (Å²) in [7, 11) is 0. The molecule has 0 amide bonds. The summed E-state index contributed by atoms with van der Waals surface area (Å²) in [4.78, 5) is 43.1. The highest BCUT2D eigenvalue weighted by Crippen LogP contribution is 2.49. The first-order chi connectivity index (χ1) is 32.0. The van der Waals surface area contributed by atoms with E-state index in [4.69, 9.17) is 23.4 Å². The largest absolute Gasteiger partial charge is 0.483 e. The van der Waals surface area contributed by atoms with Crippen molar-refractivity contribution < 1.29 is 38.1 Å². The molecule has 1 aromatic heterocycles. The van der Waals surface area contributed by atoms with Gasteiger partial charge in [-0.25, -0.2) is 9.59 Å². The first-order valence-electron chi connectivity index (χ1n) is 23.3. The van der Waals surface area contributed by atoms with Crippen LogP contribution >= 0.6 is 0 Å². The second kappa shape index (κ2) is 21.3. The molecule has 5 aromatic carbocycles. The summed E-state index contributed by atoms with van der Waals surface area (Å²) in [5.41, 5.74) is 7.60. The number of hydrogen-bond donors (Lipinski definition) is 1. The minimum absolute atomic E-state index is 0.0852. The topological polar surface area (TPSA) is 122 Å². The Morgan fingerprint density at radius 3 is 2.18 bits per heavy atom. The fraction of sp³-hybridized carbons (Fsp3) is 0.351. The molecule has 9 heteroatoms. The van der Waals surface area contributed by atoms with Gasteiger partial charge in [-0.05, 0) is 136 Å². The summed E-state index contributed by atoms with van der Waals surface area (Å²) in [6, 6.07) is 43.1. The van der Waals surface area contributed by atoms with E-state index in [2.05, 4.69) is 84.9 Å². The zero-order valence-electron chi connectivity index (χ0n) is 38.3. The number of carbonyl (C=O) groups is 2. The Bertz CT molecular complexity index is 2700. The first-order valence-corrected chi connectivity index (χ1v) is 23.3. The molecule has 4 unspecified atom stereocenters. The van der Waals surface area contributed by atoms with Crippen LogP contribution in [-0.2, 0) is 62.3 Å². The van der Waals surface area contributed by atoms with Crippen molar-refractivity contribution in [3.05, 3.63) is 193 Å². The van der Waals surface area contributed by atoms with Crippen molar-refractivity contribution in [2.75, 3.05) is 13.4 Å². The van der Waals surface area contributed by atoms with E-state index < -0.39 is 42.2 Å². The summed E-state index contributed by atoms with van der Waals surface area (Å²) in [6.45, 7) is 5.39. The number of ether oxygens (including phenoxy) is 4. The Labute approximate surface area is 387 Å². The molecule has 9 nitrogen and oxygen atoms in total. The average Bonchev–Trinajstić information content (AvgIpc) is 3.30. The smallest absolute Gasteiger partial charge is 0.339 e. The fourth-order valence-corrected chi connectivity index (χ4v) is 9.57. The van der Waals surface area contributed by atoms with E-state index in [0.29, 0.717) is 59.9 Å². The third kappa shape index (κ3) is 11.4. The maximum absolute atomic E-state index is 14.8. The number of aryl methyl sites for hydroxylation is 3. The predicted molar refractivity (Wildman–Crippen MR) is 255 cm³/mol. The number of rotatable bonds is 13. The highest BCUT2D eigenvalue weighted by Gasteiger charge is 2.52. The third-order valence-corrected chi connectivity index (χ3v) is 13.2. The van der Waals surface area contributed by atoms with E-state index in [1.165, 1.54) is 16.7 Å². The van der Waals surface area contributed by atoms with Gasteiger partial charge in [0.1, 0.15) is 23.7 Å². The Morgan fingerprint density at radius 1 is 0.727 bits per heavy atom. The molecule has 0 fully saturated rings. The minimum Gasteiger partial charge on any atom is -0.483 e. The molecule has 0 saturated carbocycles. The van der Waals surface area contributed by atoms with Crippen LogP contribution in [0.1, 0.15) is 103 Å². The Balaban J connectivity index is 1.18. The summed E-state index contributed by atoms with van der Waals surface area (Å²) in [6.07, 6.45) is 4.02. The van der Waals surface area contributed by atoms with Crippen molar-refractivity contribution in [2.45, 2.75) is 109 Å². The molecule has 4 heterocycles. The van der Waals surface area contributed by atoms with Crippen molar-refractivity contribution in [3.63, 3.8) is 0 Å². The summed E-state index contributed by atoms with van der Waals surface area (Å²) in [5.74, 6) is -0.659. The molecule has 0 saturated heterocycles. The van der Waals surface area contributed by atoms with Crippen molar-refractivity contribution in [1.29, 1.82) is 0 Å². The lowest BCUT2D eigenvalue weighted by Crippen LogP contribution is -2.54. The lowest BCUT2D eigenvalue weighted by Gasteiger charge is -2.45. The van der Waals surface area contributed by atoms with Gasteiger partial charge in [-0.3, -0.25) is 4.79 Å². The quantitative estimate of drug-likeness (QED) is 0.0397. The third-order valence-electron chi connectivity index (χ3n) is 13.2. The van der Waals surface area contributed by atoms with Crippen LogP contribution in [0.25, 0.3) is 11.0 Å². The Kier molecular flexibility index (Phi) is 15.0. The van der Waals surface area contributed by atoms with Crippen LogP contribution in [0, 0.1) is 5.92 Å². The Morgan fingerprint density at radius 2 is 1.44 bits per heavy atom. The van der Waals surface area contributed by atoms with Gasteiger partial charge >= 0.3 is 17.6 Å². The lowest BCUT2D eigenvalue weighted by atomic mass is 9.82. The van der Waals surface area contributed by atoms with Gasteiger partial charge in [0.25, 0.3) is 0 Å². The number of carbonyl (C=O) groups excluding carboxylic acids is 2. The van der Waals surface area contributed by atoms with Crippen molar-refractivity contribution in [1.82, 2.24) is 0 Å². The lowest BCUT2D eigenvalue weighted by molar-refractivity contribution is -0.192. The van der Waals surface area contributed by atoms with Crippen molar-refractivity contribution in [3.8, 4) is 5.75 Å². The molecule has 0 aliphatic carbocycles. The Hall–Kier alpha value is -6.29. The van der Waals surface area contributed by atoms with Crippen LogP contribution in [0.3, 0.4) is 0 Å². The number of fused-ring (bicyclic) bond motifs is 13. The van der Waals surface area contributed by atoms with Gasteiger partial charge in [0.05, 0.1) is 12.2 Å². The molecule has 2 bridgehead atoms. The average molecular weight is 889 g/mol. The predicted octanol–water partition coefficient (Wildman–Crippen LogP) is 10.7. The van der Waals surface area contributed by atoms with E-state index in [1.54, 1.807) is 6.07 Å². The van der Waals surface area contributed by atoms with E-state index in [-0.39, 0.29) is 30.9 Å². The molecule has 0 radical (unpaired) electrons. The second-order valence-electron chi connectivity index (χ2n) is 18.3. The molecule has 6 aromatic rings. The monoisotopic (exact) mass is 888 g/mol. The van der Waals surface area contributed by atoms with Gasteiger partial charge < -0.3 is 28.5 Å². The number of aliphatic hydroxyl groups excluding tert-OH is 1. The van der Waals surface area contributed by atoms with E-state index >= 15 is 0 Å². The number of esters is 2. The molecule has 3 aliphatic rings. The van der Waals surface area contributed by atoms with Crippen LogP contribution < -0.4 is 10.4 Å². The van der Waals surface area contributed by atoms with Crippen LogP contribution in [0.4, 0.5) is 0 Å². The van der Waals surface area contributed by atoms with Crippen LogP contribution in [0.5, 0.6) is 5.75 Å². The highest BCUT2D eigenvalue weighted by atomic mass is 16.6. The molecule has 342 valence electrons. The van der Waals surface area contributed by atoms with Gasteiger partial charge in [-0.2, -0.15) is 0 Å². The summed E-state index contributed by atoms with van der Waals surface area (Å²) < 4.78 is 31.6. The van der Waals surface area contributed by atoms with Gasteiger partial charge in [0, 0.05) is 29.4 Å². The maximum atomic E-state index is 14.8. The number of aliphatic hydroxyl groups is 1. The van der Waals surface area contributed by atoms with Gasteiger partial charge in [-0.15, -0.1) is 0 Å². The second-order valence-corrected chi connectivity index (χ2v) is 18.3.